The van der Waals surface area contributed by atoms with E-state index in [2.05, 4.69) is 0 Å². The summed E-state index contributed by atoms with van der Waals surface area (Å²) >= 11 is 0. The quantitative estimate of drug-likeness (QED) is 0.719. The van der Waals surface area contributed by atoms with Crippen molar-refractivity contribution < 1.29 is 32.2 Å². The molecule has 0 radical (unpaired) electrons. The molecule has 154 valence electrons. The molecule has 1 amide bonds. The Labute approximate surface area is 155 Å². The minimum atomic E-state index is -4.83. The number of amides is 1. The highest BCUT2D eigenvalue weighted by Gasteiger charge is 2.61. The summed E-state index contributed by atoms with van der Waals surface area (Å²) in [6.45, 7) is 14.0. The summed E-state index contributed by atoms with van der Waals surface area (Å²) in [5, 5.41) is 9.96. The molecule has 1 rings (SSSR count). The zero-order chi connectivity index (χ0) is 20.8. The van der Waals surface area contributed by atoms with Crippen LogP contribution in [0, 0.1) is 0 Å². The Morgan fingerprint density at radius 1 is 1.19 bits per heavy atom. The first-order valence-electron chi connectivity index (χ1n) is 8.72. The van der Waals surface area contributed by atoms with Gasteiger partial charge in [-0.25, -0.2) is 4.79 Å². The summed E-state index contributed by atoms with van der Waals surface area (Å²) in [4.78, 5) is 13.3. The number of β-amino-alcohol motifs (C(OH)–C–C–N with tert-alkyl or cyclic N) is 1. The van der Waals surface area contributed by atoms with E-state index in [4.69, 9.17) is 9.16 Å². The number of rotatable bonds is 3. The zero-order valence-corrected chi connectivity index (χ0v) is 18.0. The van der Waals surface area contributed by atoms with Crippen LogP contribution in [0.2, 0.25) is 18.1 Å². The summed E-state index contributed by atoms with van der Waals surface area (Å²) in [5.74, 6) is 0. The Morgan fingerprint density at radius 2 is 1.69 bits per heavy atom. The lowest BCUT2D eigenvalue weighted by atomic mass is 10.0. The molecule has 1 fully saturated rings. The summed E-state index contributed by atoms with van der Waals surface area (Å²) in [6.07, 6.45) is -6.33. The van der Waals surface area contributed by atoms with Crippen LogP contribution in [0.5, 0.6) is 0 Å². The van der Waals surface area contributed by atoms with Gasteiger partial charge < -0.3 is 14.3 Å². The van der Waals surface area contributed by atoms with Crippen molar-refractivity contribution in [3.05, 3.63) is 0 Å². The van der Waals surface area contributed by atoms with Gasteiger partial charge in [-0.1, -0.05) is 20.8 Å². The summed E-state index contributed by atoms with van der Waals surface area (Å²) in [5.41, 5.74) is -3.80. The molecule has 1 N–H and O–H groups in total. The van der Waals surface area contributed by atoms with Gasteiger partial charge in [0.05, 0.1) is 19.2 Å². The fourth-order valence-electron chi connectivity index (χ4n) is 2.38. The van der Waals surface area contributed by atoms with Crippen LogP contribution in [0.15, 0.2) is 0 Å². The van der Waals surface area contributed by atoms with E-state index < -0.39 is 50.8 Å². The third-order valence-electron chi connectivity index (χ3n) is 5.04. The van der Waals surface area contributed by atoms with Gasteiger partial charge in [0.25, 0.3) is 0 Å². The van der Waals surface area contributed by atoms with E-state index in [-0.39, 0.29) is 11.6 Å². The standard InChI is InChI=1S/C17H32F3NO4Si/c1-14(2,3)25-13(22)21-11-16(23,17(18,19)20)9-12(21)10-24-26(7,8)15(4,5)6/h12,23H,9-11H2,1-8H3/t12-,16?/m0/s1. The highest BCUT2D eigenvalue weighted by molar-refractivity contribution is 6.74. The molecular formula is C17H32F3NO4Si. The van der Waals surface area contributed by atoms with Gasteiger partial charge in [-0.2, -0.15) is 13.2 Å². The number of hydrogen-bond acceptors (Lipinski definition) is 4. The number of halogens is 3. The first kappa shape index (κ1) is 23.2. The molecule has 2 atom stereocenters. The molecule has 1 heterocycles. The lowest BCUT2D eigenvalue weighted by Crippen LogP contribution is -2.49. The Kier molecular flexibility index (Phi) is 6.24. The number of carbonyl (C=O) groups is 1. The van der Waals surface area contributed by atoms with E-state index in [0.717, 1.165) is 4.90 Å². The molecule has 9 heteroatoms. The fourth-order valence-corrected chi connectivity index (χ4v) is 3.43. The predicted molar refractivity (Wildman–Crippen MR) is 95.5 cm³/mol. The minimum Gasteiger partial charge on any atom is -0.444 e. The van der Waals surface area contributed by atoms with Crippen LogP contribution in [-0.2, 0) is 9.16 Å². The monoisotopic (exact) mass is 399 g/mol. The molecule has 1 aliphatic heterocycles. The number of hydrogen-bond donors (Lipinski definition) is 1. The first-order chi connectivity index (χ1) is 11.3. The van der Waals surface area contributed by atoms with Crippen LogP contribution in [-0.4, -0.2) is 61.0 Å². The van der Waals surface area contributed by atoms with Crippen LogP contribution in [0.1, 0.15) is 48.0 Å². The second-order valence-electron chi connectivity index (χ2n) is 9.57. The van der Waals surface area contributed by atoms with E-state index in [9.17, 15) is 23.1 Å². The van der Waals surface area contributed by atoms with Crippen molar-refractivity contribution in [1.29, 1.82) is 0 Å². The highest BCUT2D eigenvalue weighted by atomic mass is 28.4. The average molecular weight is 400 g/mol. The smallest absolute Gasteiger partial charge is 0.419 e. The first-order valence-corrected chi connectivity index (χ1v) is 11.6. The van der Waals surface area contributed by atoms with Crippen molar-refractivity contribution in [3.8, 4) is 0 Å². The van der Waals surface area contributed by atoms with E-state index in [1.165, 1.54) is 0 Å². The molecule has 1 saturated heterocycles. The molecular weight excluding hydrogens is 367 g/mol. The van der Waals surface area contributed by atoms with Crippen LogP contribution >= 0.6 is 0 Å². The maximum Gasteiger partial charge on any atom is 0.419 e. The average Bonchev–Trinajstić information content (AvgIpc) is 2.71. The van der Waals surface area contributed by atoms with Crippen molar-refractivity contribution in [1.82, 2.24) is 4.90 Å². The maximum atomic E-state index is 13.3. The van der Waals surface area contributed by atoms with Crippen LogP contribution < -0.4 is 0 Å². The number of aliphatic hydroxyl groups is 1. The van der Waals surface area contributed by atoms with Gasteiger partial charge in [0.2, 0.25) is 0 Å². The van der Waals surface area contributed by atoms with Gasteiger partial charge in [0.15, 0.2) is 13.9 Å². The molecule has 1 aliphatic rings. The van der Waals surface area contributed by atoms with Gasteiger partial charge in [-0.3, -0.25) is 4.90 Å². The fraction of sp³-hybridized carbons (Fsp3) is 0.941. The van der Waals surface area contributed by atoms with Gasteiger partial charge in [-0.05, 0) is 38.9 Å². The van der Waals surface area contributed by atoms with Crippen molar-refractivity contribution in [2.24, 2.45) is 0 Å². The van der Waals surface area contributed by atoms with Crippen LogP contribution in [0.3, 0.4) is 0 Å². The second kappa shape index (κ2) is 6.98. The van der Waals surface area contributed by atoms with E-state index >= 15 is 0 Å². The van der Waals surface area contributed by atoms with Gasteiger partial charge >= 0.3 is 12.3 Å². The number of ether oxygens (including phenoxy) is 1. The zero-order valence-electron chi connectivity index (χ0n) is 17.0. The molecule has 5 nitrogen and oxygen atoms in total. The molecule has 0 spiro atoms. The lowest BCUT2D eigenvalue weighted by Gasteiger charge is -2.38. The van der Waals surface area contributed by atoms with Crippen molar-refractivity contribution in [3.63, 3.8) is 0 Å². The van der Waals surface area contributed by atoms with Crippen LogP contribution in [0.25, 0.3) is 0 Å². The largest absolute Gasteiger partial charge is 0.444 e. The minimum absolute atomic E-state index is 0.0614. The number of likely N-dealkylation sites (tertiary alicyclic amines) is 1. The molecule has 0 saturated carbocycles. The summed E-state index contributed by atoms with van der Waals surface area (Å²) < 4.78 is 51.1. The highest BCUT2D eigenvalue weighted by Crippen LogP contribution is 2.42. The van der Waals surface area contributed by atoms with Crippen molar-refractivity contribution >= 4 is 14.4 Å². The second-order valence-corrected chi connectivity index (χ2v) is 14.4. The van der Waals surface area contributed by atoms with Gasteiger partial charge in [-0.15, -0.1) is 0 Å². The van der Waals surface area contributed by atoms with Crippen molar-refractivity contribution in [2.75, 3.05) is 13.2 Å². The molecule has 0 aromatic heterocycles. The van der Waals surface area contributed by atoms with E-state index in [0.29, 0.717) is 0 Å². The predicted octanol–water partition coefficient (Wildman–Crippen LogP) is 4.31. The number of nitrogens with zero attached hydrogens (tertiary/aromatic N) is 1. The molecule has 0 bridgehead atoms. The molecule has 0 aromatic rings. The van der Waals surface area contributed by atoms with E-state index in [1.54, 1.807) is 20.8 Å². The van der Waals surface area contributed by atoms with Crippen LogP contribution in [0.4, 0.5) is 18.0 Å². The Morgan fingerprint density at radius 3 is 2.08 bits per heavy atom. The number of carbonyl (C=O) groups excluding carboxylic acids is 1. The Balaban J connectivity index is 3.02. The maximum absolute atomic E-state index is 13.3. The Hall–Kier alpha value is -0.803. The van der Waals surface area contributed by atoms with Gasteiger partial charge in [0, 0.05) is 6.42 Å². The topological polar surface area (TPSA) is 59.0 Å². The Bertz CT molecular complexity index is 526. The third kappa shape index (κ3) is 5.36. The molecule has 0 aliphatic carbocycles. The molecule has 0 aromatic carbocycles. The lowest BCUT2D eigenvalue weighted by molar-refractivity contribution is -0.253. The SMILES string of the molecule is CC(C)(C)OC(=O)N1CC(O)(C(F)(F)F)C[C@H]1CO[Si](C)(C)C(C)(C)C. The molecule has 26 heavy (non-hydrogen) atoms. The normalized spacial score (nSPS) is 25.5. The third-order valence-corrected chi connectivity index (χ3v) is 9.55. The molecule has 1 unspecified atom stereocenters. The number of alkyl halides is 3. The summed E-state index contributed by atoms with van der Waals surface area (Å²) in [7, 11) is -2.22. The van der Waals surface area contributed by atoms with E-state index in [1.807, 2.05) is 33.9 Å². The van der Waals surface area contributed by atoms with Gasteiger partial charge in [0.1, 0.15) is 5.60 Å². The summed E-state index contributed by atoms with van der Waals surface area (Å²) in [6, 6.07) is -0.898. The van der Waals surface area contributed by atoms with Crippen molar-refractivity contribution in [2.45, 2.75) is 89.5 Å².